The first kappa shape index (κ1) is 11.1. The Morgan fingerprint density at radius 1 is 1.62 bits per heavy atom. The Morgan fingerprint density at radius 2 is 2.44 bits per heavy atom. The molecule has 1 unspecified atom stereocenters. The molecule has 2 aliphatic rings. The van der Waals surface area contributed by atoms with E-state index in [0.717, 1.165) is 31.6 Å². The predicted octanol–water partition coefficient (Wildman–Crippen LogP) is 0.756. The van der Waals surface area contributed by atoms with E-state index in [1.165, 1.54) is 5.57 Å². The summed E-state index contributed by atoms with van der Waals surface area (Å²) < 4.78 is 0. The van der Waals surface area contributed by atoms with Crippen LogP contribution in [0.5, 0.6) is 0 Å². The van der Waals surface area contributed by atoms with Gasteiger partial charge in [0.25, 0.3) is 5.91 Å². The largest absolute Gasteiger partial charge is 0.364 e. The van der Waals surface area contributed by atoms with Crippen LogP contribution in [0.4, 0.5) is 0 Å². The van der Waals surface area contributed by atoms with Gasteiger partial charge in [0, 0.05) is 25.2 Å². The number of hydrogen-bond donors (Lipinski definition) is 2. The molecule has 0 bridgehead atoms. The van der Waals surface area contributed by atoms with Gasteiger partial charge in [0.1, 0.15) is 5.71 Å². The van der Waals surface area contributed by atoms with E-state index in [4.69, 9.17) is 5.73 Å². The molecular formula is C12H17N3O. The third kappa shape index (κ3) is 2.22. The number of nitrogens with zero attached hydrogens (tertiary/aromatic N) is 1. The van der Waals surface area contributed by atoms with Crippen LogP contribution >= 0.6 is 0 Å². The SMILES string of the molecule is CC1C/C=C/C(C(N)=O)=N\C2=C1CNCC2. The predicted molar refractivity (Wildman–Crippen MR) is 64.1 cm³/mol. The molecule has 1 atom stereocenters. The summed E-state index contributed by atoms with van der Waals surface area (Å²) in [6, 6.07) is 0. The number of nitrogens with one attached hydrogen (secondary N) is 1. The van der Waals surface area contributed by atoms with E-state index >= 15 is 0 Å². The van der Waals surface area contributed by atoms with Gasteiger partial charge in [0.2, 0.25) is 0 Å². The Kier molecular flexibility index (Phi) is 3.19. The number of allylic oxidation sites excluding steroid dienone is 1. The van der Waals surface area contributed by atoms with Crippen LogP contribution in [0.3, 0.4) is 0 Å². The second-order valence-electron chi connectivity index (χ2n) is 4.30. The maximum atomic E-state index is 11.2. The van der Waals surface area contributed by atoms with Gasteiger partial charge < -0.3 is 11.1 Å². The van der Waals surface area contributed by atoms with Crippen LogP contribution in [-0.2, 0) is 4.79 Å². The average molecular weight is 219 g/mol. The quantitative estimate of drug-likeness (QED) is 0.683. The molecule has 0 aromatic heterocycles. The fourth-order valence-corrected chi connectivity index (χ4v) is 2.12. The fraction of sp³-hybridized carbons (Fsp3) is 0.500. The second-order valence-corrected chi connectivity index (χ2v) is 4.30. The summed E-state index contributed by atoms with van der Waals surface area (Å²) in [7, 11) is 0. The minimum Gasteiger partial charge on any atom is -0.364 e. The lowest BCUT2D eigenvalue weighted by molar-refractivity contribution is -0.111. The average Bonchev–Trinajstić information content (AvgIpc) is 2.25. The Hall–Kier alpha value is -1.42. The van der Waals surface area contributed by atoms with Crippen molar-refractivity contribution in [3.63, 3.8) is 0 Å². The zero-order valence-electron chi connectivity index (χ0n) is 9.49. The molecule has 16 heavy (non-hydrogen) atoms. The monoisotopic (exact) mass is 219 g/mol. The summed E-state index contributed by atoms with van der Waals surface area (Å²) in [5, 5.41) is 3.34. The van der Waals surface area contributed by atoms with Crippen LogP contribution in [0.1, 0.15) is 19.8 Å². The van der Waals surface area contributed by atoms with E-state index in [2.05, 4.69) is 17.2 Å². The van der Waals surface area contributed by atoms with E-state index < -0.39 is 5.91 Å². The summed E-state index contributed by atoms with van der Waals surface area (Å²) in [6.45, 7) is 3.99. The van der Waals surface area contributed by atoms with Crippen LogP contribution in [0.25, 0.3) is 0 Å². The van der Waals surface area contributed by atoms with Gasteiger partial charge in [-0.2, -0.15) is 0 Å². The highest BCUT2D eigenvalue weighted by Gasteiger charge is 2.19. The number of hydrogen-bond acceptors (Lipinski definition) is 3. The van der Waals surface area contributed by atoms with Crippen molar-refractivity contribution in [2.45, 2.75) is 19.8 Å². The van der Waals surface area contributed by atoms with Gasteiger partial charge >= 0.3 is 0 Å². The number of carbonyl (C=O) groups is 1. The van der Waals surface area contributed by atoms with Crippen LogP contribution in [-0.4, -0.2) is 24.7 Å². The summed E-state index contributed by atoms with van der Waals surface area (Å²) in [5.74, 6) is 0.0356. The van der Waals surface area contributed by atoms with Crippen molar-refractivity contribution in [1.29, 1.82) is 0 Å². The molecule has 0 saturated heterocycles. The molecule has 0 spiro atoms. The van der Waals surface area contributed by atoms with Gasteiger partial charge in [-0.1, -0.05) is 13.0 Å². The highest BCUT2D eigenvalue weighted by atomic mass is 16.1. The van der Waals surface area contributed by atoms with Crippen molar-refractivity contribution in [2.24, 2.45) is 16.6 Å². The molecule has 3 N–H and O–H groups in total. The second kappa shape index (κ2) is 4.61. The summed E-state index contributed by atoms with van der Waals surface area (Å²) in [4.78, 5) is 15.6. The number of primary amides is 1. The molecule has 0 saturated carbocycles. The van der Waals surface area contributed by atoms with E-state index in [9.17, 15) is 4.79 Å². The van der Waals surface area contributed by atoms with E-state index in [1.54, 1.807) is 6.08 Å². The zero-order valence-corrected chi connectivity index (χ0v) is 9.49. The lowest BCUT2D eigenvalue weighted by Gasteiger charge is -2.24. The third-order valence-corrected chi connectivity index (χ3v) is 3.09. The Balaban J connectivity index is 2.41. The van der Waals surface area contributed by atoms with Crippen molar-refractivity contribution in [3.8, 4) is 0 Å². The number of nitrogens with two attached hydrogens (primary N) is 1. The Morgan fingerprint density at radius 3 is 3.19 bits per heavy atom. The molecule has 0 aromatic carbocycles. The molecular weight excluding hydrogens is 202 g/mol. The van der Waals surface area contributed by atoms with Crippen LogP contribution < -0.4 is 11.1 Å². The van der Waals surface area contributed by atoms with Crippen molar-refractivity contribution in [2.75, 3.05) is 13.1 Å². The minimum absolute atomic E-state index is 0.376. The molecule has 1 amide bonds. The van der Waals surface area contributed by atoms with Crippen LogP contribution in [0.2, 0.25) is 0 Å². The maximum Gasteiger partial charge on any atom is 0.267 e. The van der Waals surface area contributed by atoms with E-state index in [0.29, 0.717) is 11.6 Å². The Bertz CT molecular complexity index is 393. The summed E-state index contributed by atoms with van der Waals surface area (Å²) in [6.07, 6.45) is 5.54. The lowest BCUT2D eigenvalue weighted by atomic mass is 9.91. The van der Waals surface area contributed by atoms with E-state index in [1.807, 2.05) is 6.08 Å². The first-order valence-corrected chi connectivity index (χ1v) is 5.66. The van der Waals surface area contributed by atoms with Gasteiger partial charge in [-0.05, 0) is 24.0 Å². The van der Waals surface area contributed by atoms with Gasteiger partial charge in [0.05, 0.1) is 0 Å². The highest BCUT2D eigenvalue weighted by molar-refractivity contribution is 6.43. The normalized spacial score (nSPS) is 30.8. The molecule has 0 aliphatic carbocycles. The standard InChI is InChI=1S/C12H17N3O/c1-8-3-2-4-11(12(13)16)15-10-5-6-14-7-9(8)10/h2,4,8,14H,3,5-7H2,1H3,(H2,13,16)/b4-2+,15-11+. The van der Waals surface area contributed by atoms with Gasteiger partial charge in [-0.25, -0.2) is 4.99 Å². The first-order chi connectivity index (χ1) is 7.68. The van der Waals surface area contributed by atoms with Crippen molar-refractivity contribution < 1.29 is 4.79 Å². The van der Waals surface area contributed by atoms with Gasteiger partial charge in [-0.15, -0.1) is 0 Å². The topological polar surface area (TPSA) is 67.5 Å². The van der Waals surface area contributed by atoms with Crippen molar-refractivity contribution in [3.05, 3.63) is 23.4 Å². The fourth-order valence-electron chi connectivity index (χ4n) is 2.12. The van der Waals surface area contributed by atoms with Gasteiger partial charge in [-0.3, -0.25) is 4.79 Å². The van der Waals surface area contributed by atoms with Crippen molar-refractivity contribution in [1.82, 2.24) is 5.32 Å². The van der Waals surface area contributed by atoms with Gasteiger partial charge in [0.15, 0.2) is 0 Å². The number of aliphatic imine (C=N–C) groups is 1. The van der Waals surface area contributed by atoms with Crippen molar-refractivity contribution >= 4 is 11.6 Å². The maximum absolute atomic E-state index is 11.2. The summed E-state index contributed by atoms with van der Waals surface area (Å²) in [5.41, 5.74) is 8.02. The molecule has 4 nitrogen and oxygen atoms in total. The summed E-state index contributed by atoms with van der Waals surface area (Å²) >= 11 is 0. The molecule has 2 aliphatic heterocycles. The molecule has 2 heterocycles. The zero-order chi connectivity index (χ0) is 11.5. The van der Waals surface area contributed by atoms with E-state index in [-0.39, 0.29) is 0 Å². The third-order valence-electron chi connectivity index (χ3n) is 3.09. The minimum atomic E-state index is -0.448. The lowest BCUT2D eigenvalue weighted by Crippen LogP contribution is -2.29. The Labute approximate surface area is 95.3 Å². The highest BCUT2D eigenvalue weighted by Crippen LogP contribution is 2.25. The molecule has 2 rings (SSSR count). The smallest absolute Gasteiger partial charge is 0.267 e. The molecule has 0 fully saturated rings. The molecule has 0 aromatic rings. The molecule has 4 heteroatoms. The first-order valence-electron chi connectivity index (χ1n) is 5.66. The number of amides is 1. The van der Waals surface area contributed by atoms with Crippen LogP contribution in [0.15, 0.2) is 28.4 Å². The number of rotatable bonds is 1. The van der Waals surface area contributed by atoms with Crippen LogP contribution in [0, 0.1) is 5.92 Å². The number of carbonyl (C=O) groups excluding carboxylic acids is 1. The molecule has 86 valence electrons. The molecule has 0 radical (unpaired) electrons.